The quantitative estimate of drug-likeness (QED) is 0.563. The van der Waals surface area contributed by atoms with Crippen LogP contribution in [-0.4, -0.2) is 17.2 Å². The van der Waals surface area contributed by atoms with Gasteiger partial charge in [-0.3, -0.25) is 0 Å². The number of aryl methyl sites for hydroxylation is 1. The molecule has 4 heteroatoms. The Balaban J connectivity index is 3.13. The largest absolute Gasteiger partial charge is 0.488 e. The minimum atomic E-state index is -1.36. The predicted molar refractivity (Wildman–Crippen MR) is 53.7 cm³/mol. The summed E-state index contributed by atoms with van der Waals surface area (Å²) in [6.45, 7) is 1.85. The lowest BCUT2D eigenvalue weighted by molar-refractivity contribution is 0.425. The van der Waals surface area contributed by atoms with Crippen molar-refractivity contribution in [2.24, 2.45) is 0 Å². The molecule has 0 aromatic heterocycles. The summed E-state index contributed by atoms with van der Waals surface area (Å²) in [6, 6.07) is 5.57. The van der Waals surface area contributed by atoms with Crippen LogP contribution in [0.3, 0.4) is 0 Å². The minimum Gasteiger partial charge on any atom is -0.423 e. The fourth-order valence-electron chi connectivity index (χ4n) is 0.890. The average molecular weight is 262 g/mol. The van der Waals surface area contributed by atoms with Crippen molar-refractivity contribution >= 4 is 35.2 Å². The van der Waals surface area contributed by atoms with E-state index in [2.05, 4.69) is 22.6 Å². The zero-order valence-electron chi connectivity index (χ0n) is 6.08. The van der Waals surface area contributed by atoms with Crippen LogP contribution in [0, 0.1) is 10.5 Å². The van der Waals surface area contributed by atoms with Crippen LogP contribution in [0.1, 0.15) is 5.56 Å². The lowest BCUT2D eigenvalue weighted by Gasteiger charge is -2.03. The van der Waals surface area contributed by atoms with Crippen LogP contribution < -0.4 is 5.46 Å². The third-order valence-electron chi connectivity index (χ3n) is 1.52. The summed E-state index contributed by atoms with van der Waals surface area (Å²) in [4.78, 5) is 0. The van der Waals surface area contributed by atoms with Crippen LogP contribution in [0.2, 0.25) is 0 Å². The van der Waals surface area contributed by atoms with E-state index < -0.39 is 7.12 Å². The van der Waals surface area contributed by atoms with Gasteiger partial charge < -0.3 is 10.0 Å². The molecule has 1 aromatic rings. The van der Waals surface area contributed by atoms with Crippen molar-refractivity contribution < 1.29 is 10.0 Å². The van der Waals surface area contributed by atoms with E-state index in [1.807, 2.05) is 19.1 Å². The molecule has 0 spiro atoms. The Morgan fingerprint density at radius 1 is 1.36 bits per heavy atom. The highest BCUT2D eigenvalue weighted by atomic mass is 127. The monoisotopic (exact) mass is 262 g/mol. The Morgan fingerprint density at radius 2 is 2.00 bits per heavy atom. The van der Waals surface area contributed by atoms with E-state index >= 15 is 0 Å². The van der Waals surface area contributed by atoms with Gasteiger partial charge in [0.2, 0.25) is 0 Å². The standard InChI is InChI=1S/C7H8BIO2/c1-5-2-3-6(9)4-7(5)8(10)11/h2-4,10-11H,1H3. The zero-order valence-corrected chi connectivity index (χ0v) is 8.24. The van der Waals surface area contributed by atoms with Gasteiger partial charge in [0, 0.05) is 3.57 Å². The molecule has 1 aromatic carbocycles. The molecule has 1 rings (SSSR count). The molecular formula is C7H8BIO2. The first-order valence-corrected chi connectivity index (χ1v) is 4.31. The third-order valence-corrected chi connectivity index (χ3v) is 2.19. The first kappa shape index (κ1) is 9.03. The average Bonchev–Trinajstić information content (AvgIpc) is 1.94. The van der Waals surface area contributed by atoms with Gasteiger partial charge in [-0.1, -0.05) is 11.6 Å². The Hall–Kier alpha value is -0.0651. The lowest BCUT2D eigenvalue weighted by atomic mass is 9.77. The Labute approximate surface area is 79.5 Å². The number of rotatable bonds is 1. The summed E-state index contributed by atoms with van der Waals surface area (Å²) in [7, 11) is -1.36. The van der Waals surface area contributed by atoms with Gasteiger partial charge in [0.25, 0.3) is 0 Å². The van der Waals surface area contributed by atoms with Crippen LogP contribution in [-0.2, 0) is 0 Å². The highest BCUT2D eigenvalue weighted by Crippen LogP contribution is 2.04. The van der Waals surface area contributed by atoms with E-state index in [1.54, 1.807) is 6.07 Å². The molecule has 2 nitrogen and oxygen atoms in total. The SMILES string of the molecule is Cc1ccc(I)cc1B(O)O. The molecule has 11 heavy (non-hydrogen) atoms. The molecule has 0 aliphatic rings. The molecule has 0 aliphatic heterocycles. The van der Waals surface area contributed by atoms with Gasteiger partial charge in [0.05, 0.1) is 0 Å². The molecule has 0 unspecified atom stereocenters. The molecule has 0 aliphatic carbocycles. The van der Waals surface area contributed by atoms with Crippen molar-refractivity contribution in [2.45, 2.75) is 6.92 Å². The van der Waals surface area contributed by atoms with E-state index in [-0.39, 0.29) is 0 Å². The maximum absolute atomic E-state index is 8.88. The third kappa shape index (κ3) is 2.18. The van der Waals surface area contributed by atoms with Gasteiger partial charge in [-0.2, -0.15) is 0 Å². The highest BCUT2D eigenvalue weighted by molar-refractivity contribution is 14.1. The van der Waals surface area contributed by atoms with Gasteiger partial charge >= 0.3 is 7.12 Å². The van der Waals surface area contributed by atoms with Crippen molar-refractivity contribution in [3.05, 3.63) is 27.3 Å². The van der Waals surface area contributed by atoms with E-state index in [9.17, 15) is 0 Å². The normalized spacial score (nSPS) is 9.82. The molecule has 0 atom stereocenters. The maximum Gasteiger partial charge on any atom is 0.488 e. The predicted octanol–water partition coefficient (Wildman–Crippen LogP) is 0.279. The summed E-state index contributed by atoms with van der Waals surface area (Å²) in [5, 5.41) is 17.8. The van der Waals surface area contributed by atoms with Crippen LogP contribution in [0.4, 0.5) is 0 Å². The van der Waals surface area contributed by atoms with Gasteiger partial charge in [0.15, 0.2) is 0 Å². The molecule has 0 heterocycles. The van der Waals surface area contributed by atoms with Crippen molar-refractivity contribution in [1.82, 2.24) is 0 Å². The zero-order chi connectivity index (χ0) is 8.43. The van der Waals surface area contributed by atoms with Crippen molar-refractivity contribution in [3.8, 4) is 0 Å². The fourth-order valence-corrected chi connectivity index (χ4v) is 1.40. The second-order valence-electron chi connectivity index (χ2n) is 2.37. The Kier molecular flexibility index (Phi) is 2.92. The van der Waals surface area contributed by atoms with Crippen LogP contribution in [0.5, 0.6) is 0 Å². The van der Waals surface area contributed by atoms with Crippen LogP contribution in [0.25, 0.3) is 0 Å². The summed E-state index contributed by atoms with van der Waals surface area (Å²) < 4.78 is 1.01. The molecule has 0 bridgehead atoms. The summed E-state index contributed by atoms with van der Waals surface area (Å²) in [5.41, 5.74) is 1.48. The number of hydrogen-bond donors (Lipinski definition) is 2. The van der Waals surface area contributed by atoms with Crippen molar-refractivity contribution in [3.63, 3.8) is 0 Å². The second-order valence-corrected chi connectivity index (χ2v) is 3.62. The topological polar surface area (TPSA) is 40.5 Å². The fraction of sp³-hybridized carbons (Fsp3) is 0.143. The molecule has 0 amide bonds. The van der Waals surface area contributed by atoms with Crippen molar-refractivity contribution in [1.29, 1.82) is 0 Å². The summed E-state index contributed by atoms with van der Waals surface area (Å²) >= 11 is 2.13. The number of hydrogen-bond acceptors (Lipinski definition) is 2. The first-order valence-electron chi connectivity index (χ1n) is 3.23. The number of halogens is 1. The van der Waals surface area contributed by atoms with Crippen LogP contribution >= 0.6 is 22.6 Å². The minimum absolute atomic E-state index is 0.580. The smallest absolute Gasteiger partial charge is 0.423 e. The lowest BCUT2D eigenvalue weighted by Crippen LogP contribution is -2.32. The highest BCUT2D eigenvalue weighted by Gasteiger charge is 2.13. The molecule has 2 N–H and O–H groups in total. The van der Waals surface area contributed by atoms with E-state index in [0.717, 1.165) is 9.13 Å². The number of benzene rings is 1. The van der Waals surface area contributed by atoms with Gasteiger partial charge in [0.1, 0.15) is 0 Å². The van der Waals surface area contributed by atoms with E-state index in [1.165, 1.54) is 0 Å². The summed E-state index contributed by atoms with van der Waals surface area (Å²) in [6.07, 6.45) is 0. The molecule has 0 saturated carbocycles. The molecule has 0 radical (unpaired) electrons. The first-order chi connectivity index (χ1) is 5.11. The van der Waals surface area contributed by atoms with E-state index in [0.29, 0.717) is 5.46 Å². The maximum atomic E-state index is 8.88. The molecule has 58 valence electrons. The van der Waals surface area contributed by atoms with Crippen LogP contribution in [0.15, 0.2) is 18.2 Å². The molecular weight excluding hydrogens is 254 g/mol. The van der Waals surface area contributed by atoms with E-state index in [4.69, 9.17) is 10.0 Å². The Morgan fingerprint density at radius 3 is 2.45 bits per heavy atom. The van der Waals surface area contributed by atoms with Gasteiger partial charge in [-0.25, -0.2) is 0 Å². The van der Waals surface area contributed by atoms with Gasteiger partial charge in [-0.05, 0) is 47.1 Å². The second kappa shape index (κ2) is 3.56. The van der Waals surface area contributed by atoms with Crippen molar-refractivity contribution in [2.75, 3.05) is 0 Å². The molecule has 0 saturated heterocycles. The summed E-state index contributed by atoms with van der Waals surface area (Å²) in [5.74, 6) is 0. The Bertz CT molecular complexity index is 263. The molecule has 0 fully saturated rings. The van der Waals surface area contributed by atoms with Gasteiger partial charge in [-0.15, -0.1) is 0 Å².